The van der Waals surface area contributed by atoms with Crippen molar-refractivity contribution in [1.29, 1.82) is 0 Å². The van der Waals surface area contributed by atoms with Crippen LogP contribution in [-0.2, 0) is 6.54 Å². The summed E-state index contributed by atoms with van der Waals surface area (Å²) < 4.78 is 4.94. The number of nitrogens with one attached hydrogen (secondary N) is 1. The predicted molar refractivity (Wildman–Crippen MR) is 63.0 cm³/mol. The molecule has 7 nitrogen and oxygen atoms in total. The van der Waals surface area contributed by atoms with E-state index in [0.717, 1.165) is 0 Å². The van der Waals surface area contributed by atoms with Gasteiger partial charge in [-0.3, -0.25) is 0 Å². The molecule has 8 heteroatoms. The highest BCUT2D eigenvalue weighted by molar-refractivity contribution is 6.28. The SMILES string of the molecule is CN(C)c1nc(Cl)nc(NCc2ccno2)n1. The molecule has 0 unspecified atom stereocenters. The van der Waals surface area contributed by atoms with Gasteiger partial charge in [-0.2, -0.15) is 15.0 Å². The molecule has 0 aliphatic heterocycles. The molecule has 0 spiro atoms. The van der Waals surface area contributed by atoms with Crippen LogP contribution in [0.2, 0.25) is 5.28 Å². The fourth-order valence-corrected chi connectivity index (χ4v) is 1.27. The summed E-state index contributed by atoms with van der Waals surface area (Å²) in [6.07, 6.45) is 1.57. The number of hydrogen-bond donors (Lipinski definition) is 1. The lowest BCUT2D eigenvalue weighted by Crippen LogP contribution is -2.15. The highest BCUT2D eigenvalue weighted by Crippen LogP contribution is 2.12. The lowest BCUT2D eigenvalue weighted by atomic mass is 10.4. The molecule has 0 atom stereocenters. The van der Waals surface area contributed by atoms with Crippen molar-refractivity contribution in [3.8, 4) is 0 Å². The fraction of sp³-hybridized carbons (Fsp3) is 0.333. The minimum atomic E-state index is 0.142. The van der Waals surface area contributed by atoms with Gasteiger partial charge in [0.15, 0.2) is 5.76 Å². The summed E-state index contributed by atoms with van der Waals surface area (Å²) in [5.41, 5.74) is 0. The molecule has 0 amide bonds. The zero-order valence-electron chi connectivity index (χ0n) is 9.38. The monoisotopic (exact) mass is 254 g/mol. The van der Waals surface area contributed by atoms with Gasteiger partial charge in [0.1, 0.15) is 0 Å². The number of rotatable bonds is 4. The molecule has 0 radical (unpaired) electrons. The number of aromatic nitrogens is 4. The van der Waals surface area contributed by atoms with E-state index in [4.69, 9.17) is 16.1 Å². The largest absolute Gasteiger partial charge is 0.360 e. The first kappa shape index (κ1) is 11.6. The molecule has 2 heterocycles. The van der Waals surface area contributed by atoms with Gasteiger partial charge in [0.2, 0.25) is 17.2 Å². The first-order valence-corrected chi connectivity index (χ1v) is 5.25. The normalized spacial score (nSPS) is 10.3. The molecule has 0 saturated heterocycles. The van der Waals surface area contributed by atoms with Gasteiger partial charge in [-0.25, -0.2) is 0 Å². The zero-order chi connectivity index (χ0) is 12.3. The third-order valence-electron chi connectivity index (χ3n) is 1.91. The average Bonchev–Trinajstić information content (AvgIpc) is 2.78. The quantitative estimate of drug-likeness (QED) is 0.878. The molecule has 0 fully saturated rings. The summed E-state index contributed by atoms with van der Waals surface area (Å²) in [5.74, 6) is 1.57. The van der Waals surface area contributed by atoms with Crippen molar-refractivity contribution in [2.75, 3.05) is 24.3 Å². The van der Waals surface area contributed by atoms with E-state index in [1.807, 2.05) is 14.1 Å². The summed E-state index contributed by atoms with van der Waals surface area (Å²) in [6.45, 7) is 0.438. The first-order chi connectivity index (χ1) is 8.15. The summed E-state index contributed by atoms with van der Waals surface area (Å²) in [4.78, 5) is 13.9. The molecule has 2 aromatic rings. The second kappa shape index (κ2) is 4.96. The van der Waals surface area contributed by atoms with Gasteiger partial charge in [-0.1, -0.05) is 5.16 Å². The average molecular weight is 255 g/mol. The number of anilines is 2. The van der Waals surface area contributed by atoms with Crippen LogP contribution in [-0.4, -0.2) is 34.2 Å². The van der Waals surface area contributed by atoms with Crippen molar-refractivity contribution < 1.29 is 4.52 Å². The Morgan fingerprint density at radius 3 is 2.82 bits per heavy atom. The van der Waals surface area contributed by atoms with Gasteiger partial charge in [-0.15, -0.1) is 0 Å². The van der Waals surface area contributed by atoms with Crippen LogP contribution in [0.25, 0.3) is 0 Å². The van der Waals surface area contributed by atoms with Gasteiger partial charge in [0.05, 0.1) is 12.7 Å². The third kappa shape index (κ3) is 3.04. The van der Waals surface area contributed by atoms with Crippen molar-refractivity contribution in [3.63, 3.8) is 0 Å². The van der Waals surface area contributed by atoms with E-state index in [9.17, 15) is 0 Å². The van der Waals surface area contributed by atoms with Crippen LogP contribution in [0.4, 0.5) is 11.9 Å². The van der Waals surface area contributed by atoms with Gasteiger partial charge in [0, 0.05) is 20.2 Å². The Balaban J connectivity index is 2.10. The molecule has 0 aliphatic carbocycles. The van der Waals surface area contributed by atoms with E-state index in [1.165, 1.54) is 0 Å². The van der Waals surface area contributed by atoms with Crippen molar-refractivity contribution in [2.45, 2.75) is 6.54 Å². The molecule has 1 N–H and O–H groups in total. The van der Waals surface area contributed by atoms with Crippen molar-refractivity contribution in [3.05, 3.63) is 23.3 Å². The highest BCUT2D eigenvalue weighted by atomic mass is 35.5. The second-order valence-electron chi connectivity index (χ2n) is 3.45. The van der Waals surface area contributed by atoms with Gasteiger partial charge in [-0.05, 0) is 11.6 Å². The van der Waals surface area contributed by atoms with E-state index in [1.54, 1.807) is 17.2 Å². The standard InChI is InChI=1S/C9H11ClN6O/c1-16(2)9-14-7(10)13-8(15-9)11-5-6-3-4-12-17-6/h3-4H,5H2,1-2H3,(H,11,13,14,15). The number of halogens is 1. The van der Waals surface area contributed by atoms with Crippen molar-refractivity contribution in [1.82, 2.24) is 20.1 Å². The topological polar surface area (TPSA) is 80.0 Å². The van der Waals surface area contributed by atoms with E-state index in [0.29, 0.717) is 24.2 Å². The molecular formula is C9H11ClN6O. The molecule has 17 heavy (non-hydrogen) atoms. The fourth-order valence-electron chi connectivity index (χ4n) is 1.12. The summed E-state index contributed by atoms with van der Waals surface area (Å²) >= 11 is 5.79. The predicted octanol–water partition coefficient (Wildman–Crippen LogP) is 1.19. The Morgan fingerprint density at radius 1 is 1.35 bits per heavy atom. The molecule has 0 aliphatic rings. The van der Waals surface area contributed by atoms with E-state index in [2.05, 4.69) is 25.4 Å². The Bertz CT molecular complexity index is 486. The maximum Gasteiger partial charge on any atom is 0.230 e. The minimum Gasteiger partial charge on any atom is -0.360 e. The molecular weight excluding hydrogens is 244 g/mol. The minimum absolute atomic E-state index is 0.142. The summed E-state index contributed by atoms with van der Waals surface area (Å²) in [7, 11) is 3.65. The maximum absolute atomic E-state index is 5.79. The molecule has 0 aromatic carbocycles. The lowest BCUT2D eigenvalue weighted by molar-refractivity contribution is 0.388. The molecule has 0 saturated carbocycles. The highest BCUT2D eigenvalue weighted by Gasteiger charge is 2.07. The molecule has 0 bridgehead atoms. The van der Waals surface area contributed by atoms with E-state index >= 15 is 0 Å². The third-order valence-corrected chi connectivity index (χ3v) is 2.08. The Kier molecular flexibility index (Phi) is 3.38. The van der Waals surface area contributed by atoms with E-state index in [-0.39, 0.29) is 5.28 Å². The summed E-state index contributed by atoms with van der Waals surface area (Å²) in [5, 5.41) is 6.71. The van der Waals surface area contributed by atoms with E-state index < -0.39 is 0 Å². The number of hydrogen-bond acceptors (Lipinski definition) is 7. The van der Waals surface area contributed by atoms with Gasteiger partial charge in [0.25, 0.3) is 0 Å². The van der Waals surface area contributed by atoms with Crippen LogP contribution < -0.4 is 10.2 Å². The molecule has 90 valence electrons. The van der Waals surface area contributed by atoms with Gasteiger partial charge >= 0.3 is 0 Å². The van der Waals surface area contributed by atoms with Crippen LogP contribution in [0.3, 0.4) is 0 Å². The maximum atomic E-state index is 5.79. The van der Waals surface area contributed by atoms with Crippen LogP contribution in [0.5, 0.6) is 0 Å². The second-order valence-corrected chi connectivity index (χ2v) is 3.79. The number of nitrogens with zero attached hydrogens (tertiary/aromatic N) is 5. The Labute approximate surface area is 103 Å². The van der Waals surface area contributed by atoms with Crippen LogP contribution in [0.15, 0.2) is 16.8 Å². The van der Waals surface area contributed by atoms with Gasteiger partial charge < -0.3 is 14.7 Å². The van der Waals surface area contributed by atoms with Crippen molar-refractivity contribution >= 4 is 23.5 Å². The van der Waals surface area contributed by atoms with Crippen LogP contribution in [0, 0.1) is 0 Å². The Morgan fingerprint density at radius 2 is 2.18 bits per heavy atom. The van der Waals surface area contributed by atoms with Crippen molar-refractivity contribution in [2.24, 2.45) is 0 Å². The van der Waals surface area contributed by atoms with Crippen LogP contribution in [0.1, 0.15) is 5.76 Å². The first-order valence-electron chi connectivity index (χ1n) is 4.87. The smallest absolute Gasteiger partial charge is 0.230 e. The Hall–Kier alpha value is -1.89. The lowest BCUT2D eigenvalue weighted by Gasteiger charge is -2.11. The molecule has 2 aromatic heterocycles. The summed E-state index contributed by atoms with van der Waals surface area (Å²) in [6, 6.07) is 1.75. The van der Waals surface area contributed by atoms with Crippen LogP contribution >= 0.6 is 11.6 Å². The molecule has 2 rings (SSSR count). The zero-order valence-corrected chi connectivity index (χ0v) is 10.1.